The first-order valence-electron chi connectivity index (χ1n) is 8.51. The molecule has 6 heteroatoms. The minimum atomic E-state index is -0.597. The van der Waals surface area contributed by atoms with Gasteiger partial charge in [-0.25, -0.2) is 8.78 Å². The number of ether oxygens (including phenoxy) is 1. The van der Waals surface area contributed by atoms with Crippen LogP contribution in [-0.4, -0.2) is 50.5 Å². The number of nitrogens with zero attached hydrogens (tertiary/aromatic N) is 1. The zero-order chi connectivity index (χ0) is 17.6. The highest BCUT2D eigenvalue weighted by molar-refractivity contribution is 5.47. The van der Waals surface area contributed by atoms with E-state index in [2.05, 4.69) is 0 Å². The van der Waals surface area contributed by atoms with Crippen LogP contribution < -0.4 is 14.5 Å². The molecular weight excluding hydrogens is 326 g/mol. The van der Waals surface area contributed by atoms with Gasteiger partial charge >= 0.3 is 0 Å². The van der Waals surface area contributed by atoms with Gasteiger partial charge in [0.15, 0.2) is 0 Å². The van der Waals surface area contributed by atoms with Crippen molar-refractivity contribution in [3.05, 3.63) is 60.2 Å². The quantitative estimate of drug-likeness (QED) is 0.820. The van der Waals surface area contributed by atoms with Crippen LogP contribution in [-0.2, 0) is 0 Å². The van der Waals surface area contributed by atoms with Crippen LogP contribution in [0.15, 0.2) is 48.5 Å². The Morgan fingerprint density at radius 3 is 2.40 bits per heavy atom. The molecule has 25 heavy (non-hydrogen) atoms. The number of anilines is 1. The lowest BCUT2D eigenvalue weighted by molar-refractivity contribution is -0.903. The molecule has 1 fully saturated rings. The fraction of sp³-hybridized carbons (Fsp3) is 0.368. The Bertz CT molecular complexity index is 673. The first-order valence-corrected chi connectivity index (χ1v) is 8.51. The molecule has 2 aromatic rings. The molecule has 0 aromatic heterocycles. The monoisotopic (exact) mass is 349 g/mol. The van der Waals surface area contributed by atoms with Gasteiger partial charge in [-0.2, -0.15) is 0 Å². The van der Waals surface area contributed by atoms with E-state index in [9.17, 15) is 13.9 Å². The first kappa shape index (κ1) is 17.6. The molecule has 134 valence electrons. The molecule has 0 bridgehead atoms. The molecule has 1 atom stereocenters. The van der Waals surface area contributed by atoms with E-state index in [0.717, 1.165) is 26.2 Å². The number of aliphatic hydroxyl groups is 1. The largest absolute Gasteiger partial charge is 0.491 e. The van der Waals surface area contributed by atoms with Crippen molar-refractivity contribution in [1.29, 1.82) is 0 Å². The zero-order valence-corrected chi connectivity index (χ0v) is 14.0. The van der Waals surface area contributed by atoms with Crippen LogP contribution in [0.4, 0.5) is 14.5 Å². The van der Waals surface area contributed by atoms with Gasteiger partial charge in [0, 0.05) is 0 Å². The van der Waals surface area contributed by atoms with Gasteiger partial charge < -0.3 is 19.6 Å². The van der Waals surface area contributed by atoms with Crippen LogP contribution in [0.1, 0.15) is 0 Å². The number of halogens is 2. The van der Waals surface area contributed by atoms with Crippen molar-refractivity contribution in [3.8, 4) is 5.75 Å². The van der Waals surface area contributed by atoms with Crippen molar-refractivity contribution >= 4 is 5.69 Å². The molecular formula is C19H23F2N2O2+. The van der Waals surface area contributed by atoms with Gasteiger partial charge in [-0.15, -0.1) is 0 Å². The molecule has 4 nitrogen and oxygen atoms in total. The third-order valence-corrected chi connectivity index (χ3v) is 4.44. The Morgan fingerprint density at radius 2 is 1.72 bits per heavy atom. The highest BCUT2D eigenvalue weighted by atomic mass is 19.1. The standard InChI is InChI=1S/C19H22F2N2O2/c20-15-5-7-17(8-6-15)25-14-16(24)13-22-9-11-23(12-10-22)19-4-2-1-3-18(19)21/h1-8,16,24H,9-14H2/p+1. The van der Waals surface area contributed by atoms with Crippen molar-refractivity contribution in [3.63, 3.8) is 0 Å². The van der Waals surface area contributed by atoms with E-state index in [-0.39, 0.29) is 18.2 Å². The number of piperazine rings is 1. The number of aliphatic hydroxyl groups excluding tert-OH is 1. The Hall–Kier alpha value is -2.18. The summed E-state index contributed by atoms with van der Waals surface area (Å²) in [7, 11) is 0. The number of rotatable bonds is 6. The second-order valence-corrected chi connectivity index (χ2v) is 6.31. The summed E-state index contributed by atoms with van der Waals surface area (Å²) >= 11 is 0. The summed E-state index contributed by atoms with van der Waals surface area (Å²) in [5.74, 6) is 0.0311. The highest BCUT2D eigenvalue weighted by Crippen LogP contribution is 2.18. The van der Waals surface area contributed by atoms with Crippen LogP contribution in [0.2, 0.25) is 0 Å². The molecule has 0 amide bonds. The normalized spacial score (nSPS) is 16.7. The Balaban J connectivity index is 1.42. The summed E-state index contributed by atoms with van der Waals surface area (Å²) in [6.45, 7) is 3.92. The third kappa shape index (κ3) is 4.90. The Labute approximate surface area is 146 Å². The predicted octanol–water partition coefficient (Wildman–Crippen LogP) is 1.11. The summed E-state index contributed by atoms with van der Waals surface area (Å²) < 4.78 is 32.2. The molecule has 1 unspecified atom stereocenters. The second kappa shape index (κ2) is 8.27. The topological polar surface area (TPSA) is 37.1 Å². The van der Waals surface area contributed by atoms with Gasteiger partial charge in [-0.1, -0.05) is 12.1 Å². The lowest BCUT2D eigenvalue weighted by Crippen LogP contribution is -3.16. The van der Waals surface area contributed by atoms with Gasteiger partial charge in [-0.05, 0) is 36.4 Å². The van der Waals surface area contributed by atoms with E-state index < -0.39 is 6.10 Å². The average molecular weight is 349 g/mol. The molecule has 2 N–H and O–H groups in total. The van der Waals surface area contributed by atoms with Crippen LogP contribution in [0.3, 0.4) is 0 Å². The van der Waals surface area contributed by atoms with Crippen molar-refractivity contribution in [1.82, 2.24) is 0 Å². The second-order valence-electron chi connectivity index (χ2n) is 6.31. The van der Waals surface area contributed by atoms with Gasteiger partial charge in [-0.3, -0.25) is 0 Å². The summed E-state index contributed by atoms with van der Waals surface area (Å²) in [5.41, 5.74) is 0.641. The molecule has 1 saturated heterocycles. The number of quaternary nitrogens is 1. The van der Waals surface area contributed by atoms with Crippen LogP contribution >= 0.6 is 0 Å². The van der Waals surface area contributed by atoms with Crippen molar-refractivity contribution in [2.75, 3.05) is 44.2 Å². The molecule has 2 aromatic carbocycles. The number of benzene rings is 2. The molecule has 1 aliphatic rings. The minimum absolute atomic E-state index is 0.173. The maximum Gasteiger partial charge on any atom is 0.146 e. The van der Waals surface area contributed by atoms with Crippen molar-refractivity contribution < 1.29 is 23.5 Å². The van der Waals surface area contributed by atoms with Crippen LogP contribution in [0.5, 0.6) is 5.75 Å². The van der Waals surface area contributed by atoms with E-state index >= 15 is 0 Å². The van der Waals surface area contributed by atoms with Crippen LogP contribution in [0.25, 0.3) is 0 Å². The van der Waals surface area contributed by atoms with Crippen molar-refractivity contribution in [2.24, 2.45) is 0 Å². The van der Waals surface area contributed by atoms with E-state index in [1.54, 1.807) is 24.3 Å². The molecule has 0 radical (unpaired) electrons. The number of para-hydroxylation sites is 1. The molecule has 1 heterocycles. The number of hydrogen-bond donors (Lipinski definition) is 2. The third-order valence-electron chi connectivity index (χ3n) is 4.44. The van der Waals surface area contributed by atoms with E-state index in [4.69, 9.17) is 4.74 Å². The molecule has 0 saturated carbocycles. The summed E-state index contributed by atoms with van der Waals surface area (Å²) in [6.07, 6.45) is -0.597. The van der Waals surface area contributed by atoms with Gasteiger partial charge in [0.05, 0.1) is 31.9 Å². The van der Waals surface area contributed by atoms with Crippen LogP contribution in [0, 0.1) is 11.6 Å². The lowest BCUT2D eigenvalue weighted by atomic mass is 10.2. The Morgan fingerprint density at radius 1 is 1.04 bits per heavy atom. The summed E-state index contributed by atoms with van der Waals surface area (Å²) in [5, 5.41) is 10.2. The number of nitrogens with one attached hydrogen (secondary N) is 1. The van der Waals surface area contributed by atoms with Gasteiger partial charge in [0.2, 0.25) is 0 Å². The molecule has 0 spiro atoms. The number of hydrogen-bond acceptors (Lipinski definition) is 3. The summed E-state index contributed by atoms with van der Waals surface area (Å²) in [6, 6.07) is 12.6. The Kier molecular flexibility index (Phi) is 5.83. The highest BCUT2D eigenvalue weighted by Gasteiger charge is 2.24. The minimum Gasteiger partial charge on any atom is -0.491 e. The molecule has 3 rings (SSSR count). The van der Waals surface area contributed by atoms with Crippen molar-refractivity contribution in [2.45, 2.75) is 6.10 Å². The molecule has 1 aliphatic heterocycles. The first-order chi connectivity index (χ1) is 12.1. The smallest absolute Gasteiger partial charge is 0.146 e. The molecule has 0 aliphatic carbocycles. The summed E-state index contributed by atoms with van der Waals surface area (Å²) in [4.78, 5) is 3.31. The zero-order valence-electron chi connectivity index (χ0n) is 14.0. The fourth-order valence-electron chi connectivity index (χ4n) is 3.09. The van der Waals surface area contributed by atoms with E-state index in [1.165, 1.54) is 23.1 Å². The predicted molar refractivity (Wildman–Crippen MR) is 92.1 cm³/mol. The average Bonchev–Trinajstić information content (AvgIpc) is 2.62. The SMILES string of the molecule is OC(COc1ccc(F)cc1)C[NH+]1CCN(c2ccccc2F)CC1. The van der Waals surface area contributed by atoms with E-state index in [1.807, 2.05) is 11.0 Å². The van der Waals surface area contributed by atoms with Gasteiger partial charge in [0.1, 0.15) is 36.6 Å². The maximum absolute atomic E-state index is 13.8. The fourth-order valence-corrected chi connectivity index (χ4v) is 3.09. The lowest BCUT2D eigenvalue weighted by Gasteiger charge is -2.34. The maximum atomic E-state index is 13.8. The van der Waals surface area contributed by atoms with Gasteiger partial charge in [0.25, 0.3) is 0 Å². The van der Waals surface area contributed by atoms with E-state index in [0.29, 0.717) is 18.0 Å².